The molecule has 0 aromatic carbocycles. The number of halogens is 1. The van der Waals surface area contributed by atoms with E-state index in [2.05, 4.69) is 15.2 Å². The van der Waals surface area contributed by atoms with Crippen LogP contribution in [0.4, 0.5) is 0 Å². The molecule has 3 N–H and O–H groups in total. The highest BCUT2D eigenvalue weighted by atomic mass is 35.5. The van der Waals surface area contributed by atoms with E-state index in [9.17, 15) is 9.59 Å². The Bertz CT molecular complexity index is 747. The van der Waals surface area contributed by atoms with Gasteiger partial charge >= 0.3 is 0 Å². The minimum absolute atomic E-state index is 0. The highest BCUT2D eigenvalue weighted by Gasteiger charge is 2.25. The molecule has 132 valence electrons. The van der Waals surface area contributed by atoms with Crippen LogP contribution >= 0.6 is 23.7 Å². The van der Waals surface area contributed by atoms with Gasteiger partial charge in [0.25, 0.3) is 5.56 Å². The van der Waals surface area contributed by atoms with Crippen molar-refractivity contribution in [1.82, 2.24) is 19.6 Å². The van der Waals surface area contributed by atoms with Gasteiger partial charge in [-0.2, -0.15) is 0 Å². The molecule has 1 saturated heterocycles. The highest BCUT2D eigenvalue weighted by Crippen LogP contribution is 2.18. The van der Waals surface area contributed by atoms with E-state index in [-0.39, 0.29) is 29.8 Å². The SMILES string of the molecule is Cl.NCCNC(=O)C1CCCN(Cc2cc(=O)n3ccsc3n2)C1. The van der Waals surface area contributed by atoms with Crippen LogP contribution in [0.15, 0.2) is 22.4 Å². The third-order valence-electron chi connectivity index (χ3n) is 4.06. The molecule has 7 nitrogen and oxygen atoms in total. The number of piperidine rings is 1. The average molecular weight is 372 g/mol. The monoisotopic (exact) mass is 371 g/mol. The second-order valence-electron chi connectivity index (χ2n) is 5.80. The number of nitrogens with two attached hydrogens (primary N) is 1. The first-order valence-corrected chi connectivity index (χ1v) is 8.71. The number of nitrogens with zero attached hydrogens (tertiary/aromatic N) is 3. The molecule has 9 heteroatoms. The normalized spacial score (nSPS) is 18.3. The third kappa shape index (κ3) is 4.32. The number of carbonyl (C=O) groups excluding carboxylic acids is 1. The lowest BCUT2D eigenvalue weighted by atomic mass is 9.97. The van der Waals surface area contributed by atoms with E-state index in [4.69, 9.17) is 5.73 Å². The van der Waals surface area contributed by atoms with E-state index in [1.807, 2.05) is 5.38 Å². The number of carbonyl (C=O) groups is 1. The molecule has 1 aliphatic rings. The molecule has 0 aliphatic carbocycles. The van der Waals surface area contributed by atoms with E-state index >= 15 is 0 Å². The van der Waals surface area contributed by atoms with Crippen molar-refractivity contribution in [2.24, 2.45) is 11.7 Å². The van der Waals surface area contributed by atoms with Gasteiger partial charge in [-0.3, -0.25) is 18.9 Å². The number of nitrogens with one attached hydrogen (secondary N) is 1. The summed E-state index contributed by atoms with van der Waals surface area (Å²) in [5.41, 5.74) is 6.13. The molecule has 1 fully saturated rings. The Hall–Kier alpha value is -1.48. The number of aromatic nitrogens is 2. The third-order valence-corrected chi connectivity index (χ3v) is 4.82. The molecule has 2 aromatic rings. The van der Waals surface area contributed by atoms with Gasteiger partial charge in [-0.25, -0.2) is 4.98 Å². The summed E-state index contributed by atoms with van der Waals surface area (Å²) in [5.74, 6) is 0.0590. The smallest absolute Gasteiger partial charge is 0.258 e. The minimum Gasteiger partial charge on any atom is -0.355 e. The maximum atomic E-state index is 12.1. The van der Waals surface area contributed by atoms with Gasteiger partial charge in [0.1, 0.15) is 0 Å². The molecular formula is C15H22ClN5O2S. The summed E-state index contributed by atoms with van der Waals surface area (Å²) < 4.78 is 1.55. The fourth-order valence-corrected chi connectivity index (χ4v) is 3.69. The summed E-state index contributed by atoms with van der Waals surface area (Å²) in [5, 5.41) is 4.71. The summed E-state index contributed by atoms with van der Waals surface area (Å²) >= 11 is 1.45. The Morgan fingerprint density at radius 1 is 1.50 bits per heavy atom. The van der Waals surface area contributed by atoms with E-state index in [1.165, 1.54) is 11.3 Å². The van der Waals surface area contributed by atoms with Crippen molar-refractivity contribution in [2.45, 2.75) is 19.4 Å². The van der Waals surface area contributed by atoms with Gasteiger partial charge in [0.05, 0.1) is 11.6 Å². The van der Waals surface area contributed by atoms with Crippen LogP contribution in [-0.2, 0) is 11.3 Å². The Balaban J connectivity index is 0.00000208. The van der Waals surface area contributed by atoms with Crippen LogP contribution in [0.3, 0.4) is 0 Å². The lowest BCUT2D eigenvalue weighted by Gasteiger charge is -2.31. The number of likely N-dealkylation sites (tertiary alicyclic amines) is 1. The lowest BCUT2D eigenvalue weighted by molar-refractivity contribution is -0.126. The van der Waals surface area contributed by atoms with Gasteiger partial charge in [-0.1, -0.05) is 0 Å². The van der Waals surface area contributed by atoms with Crippen molar-refractivity contribution in [3.63, 3.8) is 0 Å². The molecule has 3 heterocycles. The van der Waals surface area contributed by atoms with Crippen molar-refractivity contribution < 1.29 is 4.79 Å². The molecule has 0 spiro atoms. The molecule has 0 radical (unpaired) electrons. The quantitative estimate of drug-likeness (QED) is 0.796. The van der Waals surface area contributed by atoms with Crippen molar-refractivity contribution >= 4 is 34.6 Å². The van der Waals surface area contributed by atoms with Crippen molar-refractivity contribution in [3.8, 4) is 0 Å². The molecule has 0 bridgehead atoms. The molecule has 1 amide bonds. The van der Waals surface area contributed by atoms with Gasteiger partial charge in [0, 0.05) is 43.8 Å². The highest BCUT2D eigenvalue weighted by molar-refractivity contribution is 7.15. The average Bonchev–Trinajstić information content (AvgIpc) is 3.02. The number of fused-ring (bicyclic) bond motifs is 1. The van der Waals surface area contributed by atoms with Crippen LogP contribution in [0.5, 0.6) is 0 Å². The largest absolute Gasteiger partial charge is 0.355 e. The molecule has 24 heavy (non-hydrogen) atoms. The van der Waals surface area contributed by atoms with Crippen LogP contribution in [0.25, 0.3) is 4.96 Å². The van der Waals surface area contributed by atoms with Crippen LogP contribution in [-0.4, -0.2) is 46.4 Å². The van der Waals surface area contributed by atoms with Gasteiger partial charge in [-0.05, 0) is 19.4 Å². The van der Waals surface area contributed by atoms with Crippen molar-refractivity contribution in [3.05, 3.63) is 33.7 Å². The molecule has 0 saturated carbocycles. The minimum atomic E-state index is -0.0551. The Morgan fingerprint density at radius 2 is 2.33 bits per heavy atom. The Morgan fingerprint density at radius 3 is 3.12 bits per heavy atom. The fourth-order valence-electron chi connectivity index (χ4n) is 2.95. The van der Waals surface area contributed by atoms with Crippen LogP contribution in [0.1, 0.15) is 18.5 Å². The lowest BCUT2D eigenvalue weighted by Crippen LogP contribution is -2.43. The number of amides is 1. The Kier molecular flexibility index (Phi) is 6.73. The topological polar surface area (TPSA) is 92.7 Å². The second kappa shape index (κ2) is 8.57. The molecule has 2 aromatic heterocycles. The predicted molar refractivity (Wildman–Crippen MR) is 96.7 cm³/mol. The zero-order valence-corrected chi connectivity index (χ0v) is 14.9. The van der Waals surface area contributed by atoms with Crippen molar-refractivity contribution in [2.75, 3.05) is 26.2 Å². The maximum Gasteiger partial charge on any atom is 0.258 e. The summed E-state index contributed by atoms with van der Waals surface area (Å²) in [7, 11) is 0. The summed E-state index contributed by atoms with van der Waals surface area (Å²) in [6, 6.07) is 1.58. The number of rotatable bonds is 5. The summed E-state index contributed by atoms with van der Waals surface area (Å²) in [6.07, 6.45) is 3.60. The first kappa shape index (κ1) is 18.9. The molecule has 1 atom stereocenters. The van der Waals surface area contributed by atoms with Crippen LogP contribution < -0.4 is 16.6 Å². The molecule has 1 aliphatic heterocycles. The summed E-state index contributed by atoms with van der Waals surface area (Å²) in [4.78, 5) is 31.6. The molecule has 3 rings (SSSR count). The van der Waals surface area contributed by atoms with E-state index in [0.717, 1.165) is 25.1 Å². The standard InChI is InChI=1S/C15H21N5O2S.ClH/c16-3-4-17-14(22)11-2-1-5-19(9-11)10-12-8-13(21)20-6-7-23-15(20)18-12;/h6-8,11H,1-5,9-10,16H2,(H,17,22);1H. The van der Waals surface area contributed by atoms with Gasteiger partial charge in [-0.15, -0.1) is 23.7 Å². The zero-order valence-electron chi connectivity index (χ0n) is 13.3. The Labute approximate surface area is 150 Å². The van der Waals surface area contributed by atoms with E-state index in [0.29, 0.717) is 31.1 Å². The van der Waals surface area contributed by atoms with Gasteiger partial charge < -0.3 is 11.1 Å². The van der Waals surface area contributed by atoms with Crippen LogP contribution in [0.2, 0.25) is 0 Å². The van der Waals surface area contributed by atoms with Crippen molar-refractivity contribution in [1.29, 1.82) is 0 Å². The first-order valence-electron chi connectivity index (χ1n) is 7.83. The van der Waals surface area contributed by atoms with Crippen LogP contribution in [0, 0.1) is 5.92 Å². The fraction of sp³-hybridized carbons (Fsp3) is 0.533. The second-order valence-corrected chi connectivity index (χ2v) is 6.67. The molecule has 1 unspecified atom stereocenters. The van der Waals surface area contributed by atoms with E-state index < -0.39 is 0 Å². The number of thiazole rings is 1. The predicted octanol–water partition coefficient (Wildman–Crippen LogP) is 0.465. The number of hydrogen-bond donors (Lipinski definition) is 2. The van der Waals surface area contributed by atoms with E-state index in [1.54, 1.807) is 16.7 Å². The first-order chi connectivity index (χ1) is 11.2. The zero-order chi connectivity index (χ0) is 16.2. The number of hydrogen-bond acceptors (Lipinski definition) is 6. The van der Waals surface area contributed by atoms with Gasteiger partial charge in [0.2, 0.25) is 5.91 Å². The van der Waals surface area contributed by atoms with Gasteiger partial charge in [0.15, 0.2) is 4.96 Å². The summed E-state index contributed by atoms with van der Waals surface area (Å²) in [6.45, 7) is 3.19. The molecular weight excluding hydrogens is 350 g/mol. The maximum absolute atomic E-state index is 12.1.